The quantitative estimate of drug-likeness (QED) is 0.679. The number of anilines is 1. The normalized spacial score (nSPS) is 10.1. The molecule has 1 heterocycles. The van der Waals surface area contributed by atoms with Crippen molar-refractivity contribution < 1.29 is 13.2 Å². The maximum atomic E-state index is 12.7. The van der Waals surface area contributed by atoms with Crippen LogP contribution in [0.4, 0.5) is 19.0 Å². The van der Waals surface area contributed by atoms with Gasteiger partial charge in [0.05, 0.1) is 0 Å². The summed E-state index contributed by atoms with van der Waals surface area (Å²) >= 11 is 0. The van der Waals surface area contributed by atoms with Gasteiger partial charge in [-0.2, -0.15) is 9.65 Å². The molecule has 0 amide bonds. The molecule has 1 rings (SSSR count). The van der Waals surface area contributed by atoms with Gasteiger partial charge in [-0.3, -0.25) is 0 Å². The van der Waals surface area contributed by atoms with Crippen LogP contribution in [0, 0.1) is 17.3 Å². The van der Waals surface area contributed by atoms with E-state index in [0.717, 1.165) is 6.07 Å². The Morgan fingerprint density at radius 2 is 2.15 bits per heavy atom. The summed E-state index contributed by atoms with van der Waals surface area (Å²) < 4.78 is 37.1. The number of nitriles is 1. The summed E-state index contributed by atoms with van der Waals surface area (Å²) in [6, 6.07) is 2.08. The predicted octanol–water partition coefficient (Wildman–Crippen LogP) is 1.61. The topological polar surface area (TPSA) is 62.7 Å². The van der Waals surface area contributed by atoms with E-state index in [1.807, 2.05) is 0 Å². The molecule has 0 fully saturated rings. The molecule has 0 bridgehead atoms. The summed E-state index contributed by atoms with van der Waals surface area (Å²) in [6.07, 6.45) is -2.94. The van der Waals surface area contributed by atoms with E-state index in [1.54, 1.807) is 0 Å². The Bertz CT molecular complexity index is 370. The second kappa shape index (κ2) is 3.31. The molecular formula is C7H4F3N3. The lowest BCUT2D eigenvalue weighted by Crippen LogP contribution is -2.01. The monoisotopic (exact) mass is 187 g/mol. The molecule has 1 aromatic rings. The Morgan fingerprint density at radius 1 is 1.54 bits per heavy atom. The van der Waals surface area contributed by atoms with Crippen LogP contribution < -0.4 is 5.73 Å². The third kappa shape index (κ3) is 1.69. The van der Waals surface area contributed by atoms with Gasteiger partial charge in [0, 0.05) is 5.56 Å². The number of aromatic nitrogens is 1. The van der Waals surface area contributed by atoms with E-state index >= 15 is 0 Å². The number of halogens is 3. The van der Waals surface area contributed by atoms with E-state index in [2.05, 4.69) is 4.98 Å². The lowest BCUT2D eigenvalue weighted by molar-refractivity contribution is 0.150. The molecule has 0 radical (unpaired) electrons. The molecule has 68 valence electrons. The van der Waals surface area contributed by atoms with Crippen molar-refractivity contribution >= 4 is 5.82 Å². The van der Waals surface area contributed by atoms with Crippen molar-refractivity contribution in [1.82, 2.24) is 4.98 Å². The van der Waals surface area contributed by atoms with E-state index in [-0.39, 0.29) is 5.82 Å². The molecule has 0 saturated heterocycles. The Hall–Kier alpha value is -1.77. The van der Waals surface area contributed by atoms with E-state index in [1.165, 1.54) is 6.07 Å². The van der Waals surface area contributed by atoms with Crippen LogP contribution in [-0.2, 0) is 0 Å². The van der Waals surface area contributed by atoms with Crippen LogP contribution in [0.25, 0.3) is 0 Å². The molecule has 0 spiro atoms. The molecule has 13 heavy (non-hydrogen) atoms. The van der Waals surface area contributed by atoms with Crippen LogP contribution in [0.15, 0.2) is 6.07 Å². The van der Waals surface area contributed by atoms with Gasteiger partial charge in [0.15, 0.2) is 0 Å². The molecule has 6 heteroatoms. The highest BCUT2D eigenvalue weighted by Crippen LogP contribution is 2.24. The molecule has 2 N–H and O–H groups in total. The van der Waals surface area contributed by atoms with Crippen LogP contribution in [0.3, 0.4) is 0 Å². The number of nitrogens with two attached hydrogens (primary N) is 1. The fraction of sp³-hybridized carbons (Fsp3) is 0.143. The molecule has 3 nitrogen and oxygen atoms in total. The van der Waals surface area contributed by atoms with Gasteiger partial charge in [-0.05, 0) is 6.07 Å². The highest BCUT2D eigenvalue weighted by Gasteiger charge is 2.18. The zero-order chi connectivity index (χ0) is 10.0. The third-order valence-electron chi connectivity index (χ3n) is 1.37. The average molecular weight is 187 g/mol. The van der Waals surface area contributed by atoms with Crippen LogP contribution in [0.1, 0.15) is 17.6 Å². The summed E-state index contributed by atoms with van der Waals surface area (Å²) in [7, 11) is 0. The molecule has 0 saturated carbocycles. The summed E-state index contributed by atoms with van der Waals surface area (Å²) in [5.41, 5.74) is 3.54. The van der Waals surface area contributed by atoms with Crippen molar-refractivity contribution in [1.29, 1.82) is 5.26 Å². The number of hydrogen-bond donors (Lipinski definition) is 1. The summed E-state index contributed by atoms with van der Waals surface area (Å²) in [5.74, 6) is -1.63. The number of alkyl halides is 2. The lowest BCUT2D eigenvalue weighted by atomic mass is 10.1. The van der Waals surface area contributed by atoms with Gasteiger partial charge in [0.2, 0.25) is 5.95 Å². The van der Waals surface area contributed by atoms with Gasteiger partial charge >= 0.3 is 0 Å². The first-order valence-corrected chi connectivity index (χ1v) is 3.20. The second-order valence-corrected chi connectivity index (χ2v) is 2.21. The Morgan fingerprint density at radius 3 is 2.62 bits per heavy atom. The zero-order valence-electron chi connectivity index (χ0n) is 6.26. The summed E-state index contributed by atoms with van der Waals surface area (Å²) in [4.78, 5) is 3.04. The minimum atomic E-state index is -2.94. The van der Waals surface area contributed by atoms with E-state index < -0.39 is 23.5 Å². The molecule has 0 aliphatic heterocycles. The smallest absolute Gasteiger partial charge is 0.265 e. The summed E-state index contributed by atoms with van der Waals surface area (Å²) in [6.45, 7) is 0. The number of hydrogen-bond acceptors (Lipinski definition) is 3. The molecular weight excluding hydrogens is 183 g/mol. The van der Waals surface area contributed by atoms with Crippen molar-refractivity contribution in [2.24, 2.45) is 0 Å². The minimum Gasteiger partial charge on any atom is -0.384 e. The SMILES string of the molecule is N#Cc1c(C(F)F)cc(N)nc1F. The number of nitrogen functional groups attached to an aromatic ring is 1. The first kappa shape index (κ1) is 9.32. The Kier molecular flexibility index (Phi) is 2.37. The second-order valence-electron chi connectivity index (χ2n) is 2.21. The Labute approximate surface area is 71.6 Å². The van der Waals surface area contributed by atoms with Crippen molar-refractivity contribution in [2.45, 2.75) is 6.43 Å². The molecule has 0 aliphatic carbocycles. The highest BCUT2D eigenvalue weighted by molar-refractivity contribution is 5.44. The van der Waals surface area contributed by atoms with E-state index in [0.29, 0.717) is 0 Å². The van der Waals surface area contributed by atoms with Gasteiger partial charge in [-0.15, -0.1) is 0 Å². The standard InChI is InChI=1S/C7H4F3N3/c8-6(9)3-1-5(12)13-7(10)4(3)2-11/h1,6H,(H2,12,13). The van der Waals surface area contributed by atoms with Crippen molar-refractivity contribution in [3.8, 4) is 6.07 Å². The summed E-state index contributed by atoms with van der Waals surface area (Å²) in [5, 5.41) is 8.33. The minimum absolute atomic E-state index is 0.369. The largest absolute Gasteiger partial charge is 0.384 e. The molecule has 1 aromatic heterocycles. The lowest BCUT2D eigenvalue weighted by Gasteiger charge is -2.03. The van der Waals surface area contributed by atoms with Crippen LogP contribution in [0.2, 0.25) is 0 Å². The van der Waals surface area contributed by atoms with Gasteiger partial charge < -0.3 is 5.73 Å². The van der Waals surface area contributed by atoms with Crippen molar-refractivity contribution in [3.63, 3.8) is 0 Å². The maximum absolute atomic E-state index is 12.7. The average Bonchev–Trinajstić information content (AvgIpc) is 2.02. The van der Waals surface area contributed by atoms with Gasteiger partial charge in [-0.1, -0.05) is 0 Å². The van der Waals surface area contributed by atoms with E-state index in [9.17, 15) is 13.2 Å². The van der Waals surface area contributed by atoms with Crippen LogP contribution in [-0.4, -0.2) is 4.98 Å². The molecule has 0 aliphatic rings. The maximum Gasteiger partial charge on any atom is 0.265 e. The first-order valence-electron chi connectivity index (χ1n) is 3.20. The third-order valence-corrected chi connectivity index (χ3v) is 1.37. The van der Waals surface area contributed by atoms with E-state index in [4.69, 9.17) is 11.0 Å². The van der Waals surface area contributed by atoms with Crippen molar-refractivity contribution in [2.75, 3.05) is 5.73 Å². The fourth-order valence-electron chi connectivity index (χ4n) is 0.835. The highest BCUT2D eigenvalue weighted by atomic mass is 19.3. The van der Waals surface area contributed by atoms with Crippen LogP contribution in [0.5, 0.6) is 0 Å². The van der Waals surface area contributed by atoms with Gasteiger partial charge in [0.25, 0.3) is 6.43 Å². The number of pyridine rings is 1. The fourth-order valence-corrected chi connectivity index (χ4v) is 0.835. The van der Waals surface area contributed by atoms with Gasteiger partial charge in [0.1, 0.15) is 17.5 Å². The molecule has 0 aromatic carbocycles. The number of nitrogens with zero attached hydrogens (tertiary/aromatic N) is 2. The first-order chi connectivity index (χ1) is 6.06. The van der Waals surface area contributed by atoms with Gasteiger partial charge in [-0.25, -0.2) is 13.8 Å². The molecule has 0 unspecified atom stereocenters. The van der Waals surface area contributed by atoms with Crippen molar-refractivity contribution in [3.05, 3.63) is 23.1 Å². The molecule has 0 atom stereocenters. The predicted molar refractivity (Wildman–Crippen MR) is 38.3 cm³/mol. The number of rotatable bonds is 1. The Balaban J connectivity index is 3.41. The zero-order valence-corrected chi connectivity index (χ0v) is 6.26. The van der Waals surface area contributed by atoms with Crippen LogP contribution >= 0.6 is 0 Å².